The number of carbonyl (C=O) groups is 1. The van der Waals surface area contributed by atoms with Gasteiger partial charge in [-0.05, 0) is 30.5 Å². The van der Waals surface area contributed by atoms with Gasteiger partial charge >= 0.3 is 5.97 Å². The summed E-state index contributed by atoms with van der Waals surface area (Å²) in [6.45, 7) is 4.72. The number of terminal acetylenes is 1. The maximum absolute atomic E-state index is 11.0. The van der Waals surface area contributed by atoms with Gasteiger partial charge < -0.3 is 10.0 Å². The Balaban J connectivity index is 2.76. The van der Waals surface area contributed by atoms with Gasteiger partial charge in [-0.1, -0.05) is 38.3 Å². The molecule has 20 heavy (non-hydrogen) atoms. The summed E-state index contributed by atoms with van der Waals surface area (Å²) in [4.78, 5) is 12.9. The molecule has 0 heterocycles. The van der Waals surface area contributed by atoms with Gasteiger partial charge in [-0.25, -0.2) is 0 Å². The zero-order chi connectivity index (χ0) is 15.0. The molecule has 0 aliphatic heterocycles. The molecule has 3 nitrogen and oxygen atoms in total. The van der Waals surface area contributed by atoms with Gasteiger partial charge in [0.05, 0.1) is 12.5 Å². The molecule has 1 unspecified atom stereocenters. The van der Waals surface area contributed by atoms with Gasteiger partial charge in [-0.15, -0.1) is 6.42 Å². The first-order valence-electron chi connectivity index (χ1n) is 7.08. The first-order valence-corrected chi connectivity index (χ1v) is 7.08. The molecule has 1 rings (SSSR count). The van der Waals surface area contributed by atoms with Crippen molar-refractivity contribution >= 4 is 11.7 Å². The van der Waals surface area contributed by atoms with Gasteiger partial charge in [-0.2, -0.15) is 0 Å². The van der Waals surface area contributed by atoms with E-state index < -0.39 is 11.9 Å². The van der Waals surface area contributed by atoms with Crippen molar-refractivity contribution in [2.75, 3.05) is 18.0 Å². The van der Waals surface area contributed by atoms with Crippen LogP contribution in [0.1, 0.15) is 32.3 Å². The second-order valence-electron chi connectivity index (χ2n) is 5.09. The highest BCUT2D eigenvalue weighted by Gasteiger charge is 2.16. The van der Waals surface area contributed by atoms with Crippen LogP contribution in [0, 0.1) is 18.3 Å². The highest BCUT2D eigenvalue weighted by atomic mass is 16.4. The molecule has 1 aromatic rings. The summed E-state index contributed by atoms with van der Waals surface area (Å²) in [5.41, 5.74) is 2.29. The van der Waals surface area contributed by atoms with E-state index in [0.717, 1.165) is 12.1 Å². The summed E-state index contributed by atoms with van der Waals surface area (Å²) >= 11 is 0. The minimum Gasteiger partial charge on any atom is -0.481 e. The van der Waals surface area contributed by atoms with E-state index in [9.17, 15) is 4.79 Å². The summed E-state index contributed by atoms with van der Waals surface area (Å²) in [5.74, 6) is 1.35. The average molecular weight is 273 g/mol. The summed E-state index contributed by atoms with van der Waals surface area (Å²) in [6, 6.07) is 8.24. The van der Waals surface area contributed by atoms with Gasteiger partial charge in [0.25, 0.3) is 0 Å². The van der Waals surface area contributed by atoms with E-state index in [4.69, 9.17) is 11.5 Å². The lowest BCUT2D eigenvalue weighted by atomic mass is 10.1. The van der Waals surface area contributed by atoms with Crippen molar-refractivity contribution in [3.63, 3.8) is 0 Å². The Bertz CT molecular complexity index is 459. The normalized spacial score (nSPS) is 11.7. The lowest BCUT2D eigenvalue weighted by Crippen LogP contribution is -2.32. The van der Waals surface area contributed by atoms with E-state index in [0.29, 0.717) is 13.1 Å². The van der Waals surface area contributed by atoms with Crippen LogP contribution < -0.4 is 4.90 Å². The highest BCUT2D eigenvalue weighted by molar-refractivity contribution is 5.70. The fourth-order valence-corrected chi connectivity index (χ4v) is 2.03. The molecular formula is C17H23NO2. The van der Waals surface area contributed by atoms with Gasteiger partial charge in [0.2, 0.25) is 0 Å². The number of carboxylic acid groups (broad SMARTS) is 1. The van der Waals surface area contributed by atoms with E-state index in [1.165, 1.54) is 18.4 Å². The number of rotatable bonds is 8. The average Bonchev–Trinajstić information content (AvgIpc) is 2.45. The summed E-state index contributed by atoms with van der Waals surface area (Å²) < 4.78 is 0. The number of hydrogen-bond acceptors (Lipinski definition) is 2. The van der Waals surface area contributed by atoms with E-state index in [-0.39, 0.29) is 0 Å². The van der Waals surface area contributed by atoms with Gasteiger partial charge in [0.1, 0.15) is 0 Å². The number of unbranched alkanes of at least 4 members (excludes halogenated alkanes) is 1. The molecule has 1 N–H and O–H groups in total. The smallest absolute Gasteiger partial charge is 0.308 e. The van der Waals surface area contributed by atoms with Gasteiger partial charge in [0, 0.05) is 12.2 Å². The molecule has 0 amide bonds. The molecule has 1 aromatic carbocycles. The molecule has 0 fully saturated rings. The maximum Gasteiger partial charge on any atom is 0.308 e. The monoisotopic (exact) mass is 273 g/mol. The Hall–Kier alpha value is -1.95. The molecule has 0 saturated carbocycles. The molecule has 0 spiro atoms. The molecule has 0 aromatic heterocycles. The Morgan fingerprint density at radius 1 is 1.40 bits per heavy atom. The quantitative estimate of drug-likeness (QED) is 0.739. The van der Waals surface area contributed by atoms with E-state index >= 15 is 0 Å². The Morgan fingerprint density at radius 2 is 2.05 bits per heavy atom. The Morgan fingerprint density at radius 3 is 2.55 bits per heavy atom. The summed E-state index contributed by atoms with van der Waals surface area (Å²) in [6.07, 6.45) is 8.82. The summed E-state index contributed by atoms with van der Waals surface area (Å²) in [7, 11) is 0. The molecule has 0 saturated heterocycles. The van der Waals surface area contributed by atoms with Crippen LogP contribution in [0.4, 0.5) is 5.69 Å². The van der Waals surface area contributed by atoms with Gasteiger partial charge in [-0.3, -0.25) is 4.79 Å². The molecule has 0 aliphatic carbocycles. The van der Waals surface area contributed by atoms with Crippen molar-refractivity contribution in [1.82, 2.24) is 0 Å². The molecular weight excluding hydrogens is 250 g/mol. The second-order valence-corrected chi connectivity index (χ2v) is 5.09. The van der Waals surface area contributed by atoms with E-state index in [1.807, 2.05) is 17.0 Å². The largest absolute Gasteiger partial charge is 0.481 e. The maximum atomic E-state index is 11.0. The number of hydrogen-bond donors (Lipinski definition) is 1. The molecule has 0 bridgehead atoms. The predicted molar refractivity (Wildman–Crippen MR) is 82.9 cm³/mol. The van der Waals surface area contributed by atoms with Crippen LogP contribution in [0.15, 0.2) is 24.3 Å². The topological polar surface area (TPSA) is 40.5 Å². The standard InChI is InChI=1S/C17H23NO2/c1-4-6-7-15-8-10-16(11-9-15)18(12-5-2)13-14(3)17(19)20/h2,8-11,14H,4,6-7,12-13H2,1,3H3,(H,19,20). The number of nitrogens with zero attached hydrogens (tertiary/aromatic N) is 1. The van der Waals surface area contributed by atoms with Crippen molar-refractivity contribution in [2.45, 2.75) is 33.1 Å². The van der Waals surface area contributed by atoms with Gasteiger partial charge in [0.15, 0.2) is 0 Å². The van der Waals surface area contributed by atoms with Crippen LogP contribution in [0.25, 0.3) is 0 Å². The lowest BCUT2D eigenvalue weighted by molar-refractivity contribution is -0.140. The van der Waals surface area contributed by atoms with Crippen LogP contribution in [-0.2, 0) is 11.2 Å². The number of carboxylic acids is 1. The van der Waals surface area contributed by atoms with E-state index in [2.05, 4.69) is 25.0 Å². The minimum atomic E-state index is -0.799. The molecule has 3 heteroatoms. The van der Waals surface area contributed by atoms with Crippen molar-refractivity contribution < 1.29 is 9.90 Å². The first kappa shape index (κ1) is 16.1. The van der Waals surface area contributed by atoms with Crippen molar-refractivity contribution in [3.8, 4) is 12.3 Å². The van der Waals surface area contributed by atoms with Crippen LogP contribution in [0.3, 0.4) is 0 Å². The van der Waals surface area contributed by atoms with Crippen LogP contribution >= 0.6 is 0 Å². The Labute approximate surface area is 121 Å². The molecule has 0 radical (unpaired) electrons. The van der Waals surface area contributed by atoms with Crippen LogP contribution in [-0.4, -0.2) is 24.2 Å². The first-order chi connectivity index (χ1) is 9.58. The number of anilines is 1. The fourth-order valence-electron chi connectivity index (χ4n) is 2.03. The summed E-state index contributed by atoms with van der Waals surface area (Å²) in [5, 5.41) is 9.01. The molecule has 108 valence electrons. The number of aliphatic carboxylic acids is 1. The molecule has 0 aliphatic rings. The lowest BCUT2D eigenvalue weighted by Gasteiger charge is -2.24. The number of benzene rings is 1. The SMILES string of the molecule is C#CCN(CC(C)C(=O)O)c1ccc(CCCC)cc1. The zero-order valence-electron chi connectivity index (χ0n) is 12.3. The second kappa shape index (κ2) is 8.27. The predicted octanol–water partition coefficient (Wildman–Crippen LogP) is 3.19. The third kappa shape index (κ3) is 4.97. The van der Waals surface area contributed by atoms with E-state index in [1.54, 1.807) is 6.92 Å². The number of aryl methyl sites for hydroxylation is 1. The van der Waals surface area contributed by atoms with Crippen LogP contribution in [0.2, 0.25) is 0 Å². The Kier molecular flexibility index (Phi) is 6.66. The minimum absolute atomic E-state index is 0.423. The van der Waals surface area contributed by atoms with Crippen molar-refractivity contribution in [2.24, 2.45) is 5.92 Å². The highest BCUT2D eigenvalue weighted by Crippen LogP contribution is 2.17. The zero-order valence-corrected chi connectivity index (χ0v) is 12.3. The third-order valence-electron chi connectivity index (χ3n) is 3.32. The molecule has 1 atom stereocenters. The van der Waals surface area contributed by atoms with Crippen molar-refractivity contribution in [3.05, 3.63) is 29.8 Å². The van der Waals surface area contributed by atoms with Crippen molar-refractivity contribution in [1.29, 1.82) is 0 Å². The third-order valence-corrected chi connectivity index (χ3v) is 3.32. The fraction of sp³-hybridized carbons (Fsp3) is 0.471. The van der Waals surface area contributed by atoms with Crippen LogP contribution in [0.5, 0.6) is 0 Å².